The summed E-state index contributed by atoms with van der Waals surface area (Å²) < 4.78 is 22.6. The van der Waals surface area contributed by atoms with E-state index in [2.05, 4.69) is 40.5 Å². The molecular formula is C35H43ClN2O3S. The summed E-state index contributed by atoms with van der Waals surface area (Å²) in [6.45, 7) is 8.43. The van der Waals surface area contributed by atoms with Crippen LogP contribution in [0.2, 0.25) is 5.02 Å². The van der Waals surface area contributed by atoms with Gasteiger partial charge in [-0.05, 0) is 118 Å². The zero-order valence-electron chi connectivity index (χ0n) is 25.1. The molecule has 2 heterocycles. The smallest absolute Gasteiger partial charge is 0.263 e. The van der Waals surface area contributed by atoms with Crippen LogP contribution < -0.4 is 14.4 Å². The highest BCUT2D eigenvalue weighted by Gasteiger charge is 2.44. The minimum absolute atomic E-state index is 0.130. The Kier molecular flexibility index (Phi) is 8.63. The average molecular weight is 607 g/mol. The maximum absolute atomic E-state index is 13.4. The number of carbonyl (C=O) groups excluding carboxylic acids is 1. The number of ether oxygens (including phenoxy) is 1. The molecule has 6 rings (SSSR count). The van der Waals surface area contributed by atoms with Gasteiger partial charge in [0.2, 0.25) is 0 Å². The van der Waals surface area contributed by atoms with Crippen LogP contribution in [0.3, 0.4) is 0 Å². The van der Waals surface area contributed by atoms with Gasteiger partial charge in [0.15, 0.2) is 0 Å². The zero-order chi connectivity index (χ0) is 29.4. The van der Waals surface area contributed by atoms with Crippen molar-refractivity contribution in [3.8, 4) is 17.6 Å². The summed E-state index contributed by atoms with van der Waals surface area (Å²) in [5.74, 6) is 9.09. The quantitative estimate of drug-likeness (QED) is 0.326. The standard InChI is InChI=1S/C35H43ClN2O3S/c1-4-7-25-9-5-8-23(2)24(3)42(40)37-34(39)27-12-16-33-32(19-27)38(20-28-11-14-30(25)28)21-35(22-41-33)17-6-10-26-18-29(36)13-15-31(26)35/h12-13,15-16,18-19,23-25,28,30H,5-6,8-11,14,17,20-22H2,1-3H3,(H,37,39)/t23?,24?,25?,28?,30?,35-,42?/m0/s1. The van der Waals surface area contributed by atoms with Crippen molar-refractivity contribution in [2.45, 2.75) is 82.8 Å². The van der Waals surface area contributed by atoms with E-state index in [-0.39, 0.29) is 22.5 Å². The molecule has 2 aliphatic carbocycles. The molecule has 2 aliphatic heterocycles. The average Bonchev–Trinajstić information content (AvgIpc) is 3.11. The number of carbonyl (C=O) groups is 1. The molecule has 2 bridgehead atoms. The van der Waals surface area contributed by atoms with E-state index in [1.165, 1.54) is 24.0 Å². The Morgan fingerprint density at radius 3 is 2.74 bits per heavy atom. The van der Waals surface area contributed by atoms with E-state index in [1.807, 2.05) is 38.1 Å². The molecule has 7 atom stereocenters. The number of hydrogen-bond acceptors (Lipinski definition) is 4. The van der Waals surface area contributed by atoms with Gasteiger partial charge in [0.25, 0.3) is 5.91 Å². The Bertz CT molecular complexity index is 1430. The van der Waals surface area contributed by atoms with E-state index in [9.17, 15) is 9.00 Å². The number of halogens is 1. The van der Waals surface area contributed by atoms with Crippen LogP contribution in [0, 0.1) is 35.5 Å². The lowest BCUT2D eigenvalue weighted by Crippen LogP contribution is -2.49. The summed E-state index contributed by atoms with van der Waals surface area (Å²) in [5.41, 5.74) is 3.99. The minimum Gasteiger partial charge on any atom is -0.490 e. The Morgan fingerprint density at radius 2 is 1.95 bits per heavy atom. The summed E-state index contributed by atoms with van der Waals surface area (Å²) in [4.78, 5) is 15.9. The van der Waals surface area contributed by atoms with E-state index in [0.717, 1.165) is 68.1 Å². The lowest BCUT2D eigenvalue weighted by molar-refractivity contribution is 0.0982. The lowest BCUT2D eigenvalue weighted by Gasteiger charge is -2.46. The first-order valence-corrected chi connectivity index (χ1v) is 17.3. The monoisotopic (exact) mass is 606 g/mol. The summed E-state index contributed by atoms with van der Waals surface area (Å²) in [6, 6.07) is 12.1. The van der Waals surface area contributed by atoms with Crippen LogP contribution in [0.5, 0.6) is 5.75 Å². The number of benzene rings is 2. The minimum atomic E-state index is -1.47. The fraction of sp³-hybridized carbons (Fsp3) is 0.571. The van der Waals surface area contributed by atoms with E-state index in [4.69, 9.17) is 16.3 Å². The number of anilines is 1. The molecule has 6 unspecified atom stereocenters. The molecule has 7 heteroatoms. The summed E-state index contributed by atoms with van der Waals surface area (Å²) in [6.07, 6.45) is 8.70. The van der Waals surface area contributed by atoms with Gasteiger partial charge in [0, 0.05) is 35.0 Å². The molecule has 1 saturated carbocycles. The van der Waals surface area contributed by atoms with Crippen LogP contribution in [0.1, 0.15) is 87.2 Å². The van der Waals surface area contributed by atoms with E-state index in [1.54, 1.807) is 0 Å². The second-order valence-corrected chi connectivity index (χ2v) is 15.1. The van der Waals surface area contributed by atoms with Crippen LogP contribution in [-0.2, 0) is 22.8 Å². The molecular weight excluding hydrogens is 564 g/mol. The van der Waals surface area contributed by atoms with Gasteiger partial charge in [0.05, 0.1) is 17.5 Å². The molecule has 42 heavy (non-hydrogen) atoms. The van der Waals surface area contributed by atoms with Crippen LogP contribution in [0.4, 0.5) is 5.69 Å². The Hall–Kier alpha value is -2.49. The molecule has 224 valence electrons. The Morgan fingerprint density at radius 1 is 1.10 bits per heavy atom. The van der Waals surface area contributed by atoms with Gasteiger partial charge >= 0.3 is 0 Å². The first-order valence-electron chi connectivity index (χ1n) is 15.7. The number of fused-ring (bicyclic) bond motifs is 4. The van der Waals surface area contributed by atoms with Crippen molar-refractivity contribution in [1.82, 2.24) is 4.72 Å². The number of hydrogen-bond donors (Lipinski definition) is 1. The predicted octanol–water partition coefficient (Wildman–Crippen LogP) is 7.08. The SMILES string of the molecule is CC#CC1CCCC(C)C(C)S(=O)NC(=O)c2ccc3c(c2)N(CC2CCC12)C[C@@]1(CCCc2cc(Cl)ccc21)CO3. The number of nitrogens with zero attached hydrogens (tertiary/aromatic N) is 1. The maximum Gasteiger partial charge on any atom is 0.263 e. The topological polar surface area (TPSA) is 58.6 Å². The van der Waals surface area contributed by atoms with Gasteiger partial charge in [-0.1, -0.05) is 36.9 Å². The molecule has 1 fully saturated rings. The molecule has 0 saturated heterocycles. The van der Waals surface area contributed by atoms with Gasteiger partial charge < -0.3 is 9.64 Å². The number of nitrogens with one attached hydrogen (secondary N) is 1. The summed E-state index contributed by atoms with van der Waals surface area (Å²) in [7, 11) is -1.47. The van der Waals surface area contributed by atoms with E-state index < -0.39 is 11.0 Å². The normalized spacial score (nSPS) is 33.0. The number of aryl methyl sites for hydroxylation is 1. The van der Waals surface area contributed by atoms with Gasteiger partial charge in [-0.15, -0.1) is 5.92 Å². The number of rotatable bonds is 0. The van der Waals surface area contributed by atoms with Crippen molar-refractivity contribution in [2.75, 3.05) is 24.6 Å². The molecule has 1 spiro atoms. The molecule has 0 radical (unpaired) electrons. The van der Waals surface area contributed by atoms with E-state index in [0.29, 0.717) is 29.9 Å². The first-order chi connectivity index (χ1) is 20.3. The largest absolute Gasteiger partial charge is 0.490 e. The van der Waals surface area contributed by atoms with Crippen molar-refractivity contribution in [3.63, 3.8) is 0 Å². The highest BCUT2D eigenvalue weighted by Crippen LogP contribution is 2.48. The third-order valence-electron chi connectivity index (χ3n) is 10.6. The van der Waals surface area contributed by atoms with Crippen LogP contribution >= 0.6 is 11.6 Å². The van der Waals surface area contributed by atoms with Crippen molar-refractivity contribution >= 4 is 34.2 Å². The van der Waals surface area contributed by atoms with Gasteiger partial charge in [-0.3, -0.25) is 9.52 Å². The van der Waals surface area contributed by atoms with Gasteiger partial charge in [-0.25, -0.2) is 4.21 Å². The molecule has 0 aromatic heterocycles. The van der Waals surface area contributed by atoms with Crippen LogP contribution in [0.15, 0.2) is 36.4 Å². The second kappa shape index (κ2) is 12.2. The van der Waals surface area contributed by atoms with Gasteiger partial charge in [0.1, 0.15) is 16.7 Å². The lowest BCUT2D eigenvalue weighted by atomic mass is 9.65. The number of amides is 1. The third-order valence-corrected chi connectivity index (χ3v) is 12.3. The van der Waals surface area contributed by atoms with Crippen LogP contribution in [0.25, 0.3) is 0 Å². The molecule has 2 aromatic rings. The first kappa shape index (κ1) is 29.6. The van der Waals surface area contributed by atoms with Crippen molar-refractivity contribution in [1.29, 1.82) is 0 Å². The molecule has 2 aromatic carbocycles. The third kappa shape index (κ3) is 5.72. The predicted molar refractivity (Wildman–Crippen MR) is 171 cm³/mol. The maximum atomic E-state index is 13.4. The molecule has 1 amide bonds. The fourth-order valence-electron chi connectivity index (χ4n) is 7.82. The fourth-order valence-corrected chi connectivity index (χ4v) is 9.06. The van der Waals surface area contributed by atoms with Gasteiger partial charge in [-0.2, -0.15) is 0 Å². The highest BCUT2D eigenvalue weighted by molar-refractivity contribution is 7.84. The zero-order valence-corrected chi connectivity index (χ0v) is 26.7. The van der Waals surface area contributed by atoms with Crippen molar-refractivity contribution in [2.24, 2.45) is 23.7 Å². The van der Waals surface area contributed by atoms with E-state index >= 15 is 0 Å². The Balaban J connectivity index is 1.41. The Labute approximate surface area is 258 Å². The van der Waals surface area contributed by atoms with Crippen LogP contribution in [-0.4, -0.2) is 35.1 Å². The highest BCUT2D eigenvalue weighted by atomic mass is 35.5. The summed E-state index contributed by atoms with van der Waals surface area (Å²) in [5, 5.41) is 0.653. The second-order valence-electron chi connectivity index (χ2n) is 13.1. The molecule has 1 N–H and O–H groups in total. The van der Waals surface area contributed by atoms with Crippen molar-refractivity contribution < 1.29 is 13.7 Å². The van der Waals surface area contributed by atoms with Crippen molar-refractivity contribution in [3.05, 3.63) is 58.1 Å². The summed E-state index contributed by atoms with van der Waals surface area (Å²) >= 11 is 6.43. The molecule has 4 aliphatic rings. The molecule has 5 nitrogen and oxygen atoms in total.